The van der Waals surface area contributed by atoms with Crippen LogP contribution in [0.5, 0.6) is 5.75 Å². The van der Waals surface area contributed by atoms with Gasteiger partial charge in [-0.15, -0.1) is 0 Å². The first-order valence-corrected chi connectivity index (χ1v) is 6.79. The van der Waals surface area contributed by atoms with Gasteiger partial charge in [-0.2, -0.15) is 13.2 Å². The van der Waals surface area contributed by atoms with E-state index in [1.165, 1.54) is 42.5 Å². The number of benzene rings is 2. The number of rotatable bonds is 1. The van der Waals surface area contributed by atoms with Crippen LogP contribution in [0, 0.1) is 0 Å². The highest BCUT2D eigenvalue weighted by atomic mass is 35.5. The predicted molar refractivity (Wildman–Crippen MR) is 75.8 cm³/mol. The van der Waals surface area contributed by atoms with Gasteiger partial charge in [-0.1, -0.05) is 23.7 Å². The minimum absolute atomic E-state index is 0.0270. The first-order chi connectivity index (χ1) is 10.3. The third kappa shape index (κ3) is 2.84. The molecule has 22 heavy (non-hydrogen) atoms. The van der Waals surface area contributed by atoms with Gasteiger partial charge in [0.25, 0.3) is 0 Å². The van der Waals surface area contributed by atoms with Crippen LogP contribution in [0.3, 0.4) is 0 Å². The Morgan fingerprint density at radius 1 is 1.09 bits per heavy atom. The van der Waals surface area contributed by atoms with Crippen molar-refractivity contribution < 1.29 is 23.0 Å². The monoisotopic (exact) mass is 329 g/mol. The van der Waals surface area contributed by atoms with Crippen molar-refractivity contribution in [2.75, 3.05) is 5.32 Å². The van der Waals surface area contributed by atoms with Crippen LogP contribution < -0.4 is 5.32 Å². The highest BCUT2D eigenvalue weighted by molar-refractivity contribution is 6.30. The van der Waals surface area contributed by atoms with E-state index < -0.39 is 18.5 Å². The molecule has 3 rings (SSSR count). The van der Waals surface area contributed by atoms with Crippen molar-refractivity contribution in [3.8, 4) is 5.75 Å². The van der Waals surface area contributed by atoms with Crippen LogP contribution in [0.15, 0.2) is 42.5 Å². The molecule has 0 saturated carbocycles. The highest BCUT2D eigenvalue weighted by Crippen LogP contribution is 2.46. The average molecular weight is 330 g/mol. The van der Waals surface area contributed by atoms with Crippen LogP contribution in [0.1, 0.15) is 23.5 Å². The Hall–Kier alpha value is -1.92. The summed E-state index contributed by atoms with van der Waals surface area (Å²) < 4.78 is 45.0. The Morgan fingerprint density at radius 3 is 2.41 bits per heavy atom. The third-order valence-electron chi connectivity index (χ3n) is 3.35. The van der Waals surface area contributed by atoms with Crippen molar-refractivity contribution in [3.05, 3.63) is 58.6 Å². The molecule has 0 fully saturated rings. The lowest BCUT2D eigenvalue weighted by atomic mass is 10.0. The molecular formula is C15H11ClF3NO2. The number of halogens is 4. The zero-order chi connectivity index (χ0) is 15.9. The molecule has 3 nitrogen and oxygen atoms in total. The molecule has 0 saturated heterocycles. The third-order valence-corrected chi connectivity index (χ3v) is 3.58. The van der Waals surface area contributed by atoms with Gasteiger partial charge in [0.05, 0.1) is 0 Å². The molecule has 2 unspecified atom stereocenters. The molecule has 2 aromatic rings. The summed E-state index contributed by atoms with van der Waals surface area (Å²) in [6.07, 6.45) is -7.60. The molecule has 0 aromatic heterocycles. The van der Waals surface area contributed by atoms with Crippen LogP contribution in [0.4, 0.5) is 18.9 Å². The predicted octanol–water partition coefficient (Wildman–Crippen LogP) is 4.79. The Kier molecular flexibility index (Phi) is 3.66. The molecule has 0 radical (unpaired) electrons. The lowest BCUT2D eigenvalue weighted by Gasteiger charge is -2.35. The molecule has 0 amide bonds. The Balaban J connectivity index is 2.01. The molecule has 7 heteroatoms. The van der Waals surface area contributed by atoms with Crippen LogP contribution in [-0.2, 0) is 4.74 Å². The SMILES string of the molecule is Oc1ccc(C2Nc3ccc(Cl)cc3C(C(F)(F)F)O2)cc1. The van der Waals surface area contributed by atoms with Gasteiger partial charge in [0.2, 0.25) is 0 Å². The number of hydrogen-bond donors (Lipinski definition) is 2. The van der Waals surface area contributed by atoms with Crippen LogP contribution >= 0.6 is 11.6 Å². The number of alkyl halides is 3. The normalized spacial score (nSPS) is 21.1. The van der Waals surface area contributed by atoms with Crippen molar-refractivity contribution in [3.63, 3.8) is 0 Å². The maximum absolute atomic E-state index is 13.3. The summed E-state index contributed by atoms with van der Waals surface area (Å²) in [6.45, 7) is 0. The zero-order valence-electron chi connectivity index (χ0n) is 11.1. The number of ether oxygens (including phenoxy) is 1. The lowest BCUT2D eigenvalue weighted by Crippen LogP contribution is -2.32. The second-order valence-corrected chi connectivity index (χ2v) is 5.34. The van der Waals surface area contributed by atoms with Crippen molar-refractivity contribution in [2.45, 2.75) is 18.5 Å². The highest BCUT2D eigenvalue weighted by Gasteiger charge is 2.46. The van der Waals surface area contributed by atoms with Crippen LogP contribution in [0.2, 0.25) is 5.02 Å². The standard InChI is InChI=1S/C15H11ClF3NO2/c16-9-3-6-12-11(7-9)13(15(17,18)19)22-14(20-12)8-1-4-10(21)5-2-8/h1-7,13-14,20-21H. The van der Waals surface area contributed by atoms with Gasteiger partial charge < -0.3 is 15.2 Å². The van der Waals surface area contributed by atoms with E-state index in [1.807, 2.05) is 0 Å². The van der Waals surface area contributed by atoms with Crippen molar-refractivity contribution in [1.82, 2.24) is 0 Å². The van der Waals surface area contributed by atoms with Gasteiger partial charge in [-0.05, 0) is 30.3 Å². The largest absolute Gasteiger partial charge is 0.508 e. The fourth-order valence-electron chi connectivity index (χ4n) is 2.33. The topological polar surface area (TPSA) is 41.5 Å². The summed E-state index contributed by atoms with van der Waals surface area (Å²) in [5, 5.41) is 12.4. The molecule has 2 N–H and O–H groups in total. The van der Waals surface area contributed by atoms with Gasteiger partial charge in [-0.25, -0.2) is 0 Å². The van der Waals surface area contributed by atoms with Crippen molar-refractivity contribution in [1.29, 1.82) is 0 Å². The summed E-state index contributed by atoms with van der Waals surface area (Å²) in [4.78, 5) is 0. The Labute approximate surface area is 129 Å². The Bertz CT molecular complexity index is 688. The zero-order valence-corrected chi connectivity index (χ0v) is 11.8. The Morgan fingerprint density at radius 2 is 1.77 bits per heavy atom. The van der Waals surface area contributed by atoms with Gasteiger partial charge in [0.1, 0.15) is 5.75 Å². The van der Waals surface area contributed by atoms with Crippen molar-refractivity contribution >= 4 is 17.3 Å². The number of nitrogens with one attached hydrogen (secondary N) is 1. The summed E-state index contributed by atoms with van der Waals surface area (Å²) in [5.41, 5.74) is 0.749. The molecule has 0 spiro atoms. The summed E-state index contributed by atoms with van der Waals surface area (Å²) >= 11 is 5.78. The molecule has 0 aliphatic carbocycles. The smallest absolute Gasteiger partial charge is 0.419 e. The van der Waals surface area contributed by atoms with Gasteiger partial charge >= 0.3 is 6.18 Å². The fraction of sp³-hybridized carbons (Fsp3) is 0.200. The van der Waals surface area contributed by atoms with E-state index in [9.17, 15) is 18.3 Å². The van der Waals surface area contributed by atoms with Gasteiger partial charge in [0.15, 0.2) is 12.3 Å². The molecule has 1 heterocycles. The van der Waals surface area contributed by atoms with E-state index in [2.05, 4.69) is 5.32 Å². The van der Waals surface area contributed by atoms with Gasteiger partial charge in [0, 0.05) is 21.8 Å². The average Bonchev–Trinajstić information content (AvgIpc) is 2.46. The first kappa shape index (κ1) is 15.0. The van der Waals surface area contributed by atoms with E-state index in [0.29, 0.717) is 11.3 Å². The molecule has 0 bridgehead atoms. The maximum atomic E-state index is 13.3. The molecule has 2 aromatic carbocycles. The van der Waals surface area contributed by atoms with E-state index in [0.717, 1.165) is 0 Å². The minimum atomic E-state index is -4.56. The van der Waals surface area contributed by atoms with Crippen LogP contribution in [0.25, 0.3) is 0 Å². The summed E-state index contributed by atoms with van der Waals surface area (Å²) in [7, 11) is 0. The first-order valence-electron chi connectivity index (χ1n) is 6.42. The molecular weight excluding hydrogens is 319 g/mol. The van der Waals surface area contributed by atoms with E-state index >= 15 is 0 Å². The number of phenols is 1. The fourth-order valence-corrected chi connectivity index (χ4v) is 2.51. The van der Waals surface area contributed by atoms with Crippen molar-refractivity contribution in [2.24, 2.45) is 0 Å². The maximum Gasteiger partial charge on any atom is 0.419 e. The lowest BCUT2D eigenvalue weighted by molar-refractivity contribution is -0.237. The van der Waals surface area contributed by atoms with E-state index in [-0.39, 0.29) is 16.3 Å². The number of fused-ring (bicyclic) bond motifs is 1. The summed E-state index contributed by atoms with van der Waals surface area (Å²) in [5.74, 6) is 0.0270. The molecule has 116 valence electrons. The van der Waals surface area contributed by atoms with E-state index in [4.69, 9.17) is 16.3 Å². The summed E-state index contributed by atoms with van der Waals surface area (Å²) in [6, 6.07) is 10.0. The minimum Gasteiger partial charge on any atom is -0.508 e. The quantitative estimate of drug-likeness (QED) is 0.790. The molecule has 2 atom stereocenters. The van der Waals surface area contributed by atoms with Crippen LogP contribution in [-0.4, -0.2) is 11.3 Å². The second-order valence-electron chi connectivity index (χ2n) is 4.91. The number of anilines is 1. The second kappa shape index (κ2) is 5.37. The number of phenolic OH excluding ortho intramolecular Hbond substituents is 1. The molecule has 1 aliphatic heterocycles. The molecule has 1 aliphatic rings. The number of hydrogen-bond acceptors (Lipinski definition) is 3. The van der Waals surface area contributed by atoms with Gasteiger partial charge in [-0.3, -0.25) is 0 Å². The van der Waals surface area contributed by atoms with E-state index in [1.54, 1.807) is 0 Å². The number of aromatic hydroxyl groups is 1.